The maximum absolute atomic E-state index is 3.75. The summed E-state index contributed by atoms with van der Waals surface area (Å²) in [5, 5.41) is 0. The molecule has 0 amide bonds. The number of hydrogen-bond donors (Lipinski definition) is 0. The molecule has 0 heterocycles. The normalized spacial score (nSPS) is 11.2. The Balaban J connectivity index is 2.60. The van der Waals surface area contributed by atoms with Crippen LogP contribution in [0.2, 0.25) is 0 Å². The van der Waals surface area contributed by atoms with E-state index >= 15 is 0 Å². The number of unbranched alkanes of at least 4 members (excludes halogenated alkanes) is 4. The molecular formula is C17H27Br. The maximum atomic E-state index is 3.75. The van der Waals surface area contributed by atoms with Crippen molar-refractivity contribution in [2.45, 2.75) is 72.1 Å². The SMILES string of the molecule is CCCCCCCc1c(C)cc(C(C)C)cc1Br. The lowest BCUT2D eigenvalue weighted by atomic mass is 9.95. The van der Waals surface area contributed by atoms with Crippen LogP contribution in [0.15, 0.2) is 16.6 Å². The summed E-state index contributed by atoms with van der Waals surface area (Å²) in [6.07, 6.45) is 8.00. The average molecular weight is 311 g/mol. The summed E-state index contributed by atoms with van der Waals surface area (Å²) in [4.78, 5) is 0. The molecule has 0 aromatic heterocycles. The summed E-state index contributed by atoms with van der Waals surface area (Å²) in [7, 11) is 0. The van der Waals surface area contributed by atoms with Gasteiger partial charge in [-0.2, -0.15) is 0 Å². The third-order valence-electron chi connectivity index (χ3n) is 3.64. The van der Waals surface area contributed by atoms with Gasteiger partial charge in [0.25, 0.3) is 0 Å². The molecule has 102 valence electrons. The molecule has 0 saturated heterocycles. The van der Waals surface area contributed by atoms with Crippen LogP contribution in [0.25, 0.3) is 0 Å². The van der Waals surface area contributed by atoms with Crippen LogP contribution < -0.4 is 0 Å². The number of hydrogen-bond acceptors (Lipinski definition) is 0. The molecule has 0 atom stereocenters. The first-order chi connectivity index (χ1) is 8.56. The summed E-state index contributed by atoms with van der Waals surface area (Å²) in [5.41, 5.74) is 4.40. The van der Waals surface area contributed by atoms with E-state index in [1.807, 2.05) is 0 Å². The molecule has 0 fully saturated rings. The van der Waals surface area contributed by atoms with Gasteiger partial charge in [0, 0.05) is 4.47 Å². The second kappa shape index (κ2) is 7.99. The standard InChI is InChI=1S/C17H27Br/c1-5-6-7-8-9-10-16-14(4)11-15(13(2)3)12-17(16)18/h11-13H,5-10H2,1-4H3. The van der Waals surface area contributed by atoms with E-state index in [-0.39, 0.29) is 0 Å². The molecule has 0 nitrogen and oxygen atoms in total. The molecule has 1 heteroatoms. The Hall–Kier alpha value is -0.300. The second-order valence-corrected chi connectivity index (χ2v) is 6.47. The Bertz CT molecular complexity index is 343. The zero-order valence-electron chi connectivity index (χ0n) is 12.4. The zero-order chi connectivity index (χ0) is 13.5. The Labute approximate surface area is 121 Å². The molecule has 0 spiro atoms. The van der Waals surface area contributed by atoms with Crippen LogP contribution in [-0.4, -0.2) is 0 Å². The van der Waals surface area contributed by atoms with Gasteiger partial charge in [-0.15, -0.1) is 0 Å². The Morgan fingerprint density at radius 1 is 1.06 bits per heavy atom. The van der Waals surface area contributed by atoms with Gasteiger partial charge in [-0.25, -0.2) is 0 Å². The van der Waals surface area contributed by atoms with E-state index in [1.54, 1.807) is 0 Å². The minimum Gasteiger partial charge on any atom is -0.0654 e. The topological polar surface area (TPSA) is 0 Å². The first-order valence-corrected chi connectivity index (χ1v) is 8.14. The van der Waals surface area contributed by atoms with E-state index in [0.29, 0.717) is 5.92 Å². The fourth-order valence-electron chi connectivity index (χ4n) is 2.36. The van der Waals surface area contributed by atoms with Crippen LogP contribution in [0.1, 0.15) is 75.5 Å². The van der Waals surface area contributed by atoms with Gasteiger partial charge in [0.1, 0.15) is 0 Å². The fraction of sp³-hybridized carbons (Fsp3) is 0.647. The van der Waals surface area contributed by atoms with E-state index in [0.717, 1.165) is 0 Å². The third kappa shape index (κ3) is 4.76. The first-order valence-electron chi connectivity index (χ1n) is 7.35. The van der Waals surface area contributed by atoms with Gasteiger partial charge >= 0.3 is 0 Å². The monoisotopic (exact) mass is 310 g/mol. The number of aryl methyl sites for hydroxylation is 1. The van der Waals surface area contributed by atoms with Gasteiger partial charge in [0.15, 0.2) is 0 Å². The quantitative estimate of drug-likeness (QED) is 0.511. The van der Waals surface area contributed by atoms with E-state index in [9.17, 15) is 0 Å². The lowest BCUT2D eigenvalue weighted by Gasteiger charge is -2.13. The zero-order valence-corrected chi connectivity index (χ0v) is 13.9. The third-order valence-corrected chi connectivity index (χ3v) is 4.35. The highest BCUT2D eigenvalue weighted by Crippen LogP contribution is 2.28. The molecule has 0 aliphatic heterocycles. The van der Waals surface area contributed by atoms with Crippen molar-refractivity contribution >= 4 is 15.9 Å². The van der Waals surface area contributed by atoms with Crippen LogP contribution >= 0.6 is 15.9 Å². The largest absolute Gasteiger partial charge is 0.0654 e. The summed E-state index contributed by atoms with van der Waals surface area (Å²) in [5.74, 6) is 0.610. The van der Waals surface area contributed by atoms with Gasteiger partial charge < -0.3 is 0 Å². The van der Waals surface area contributed by atoms with Gasteiger partial charge in [-0.3, -0.25) is 0 Å². The van der Waals surface area contributed by atoms with E-state index < -0.39 is 0 Å². The van der Waals surface area contributed by atoms with Crippen LogP contribution in [0.4, 0.5) is 0 Å². The van der Waals surface area contributed by atoms with Crippen molar-refractivity contribution in [1.82, 2.24) is 0 Å². The molecule has 0 saturated carbocycles. The second-order valence-electron chi connectivity index (χ2n) is 5.62. The summed E-state index contributed by atoms with van der Waals surface area (Å²) >= 11 is 3.75. The molecule has 0 bridgehead atoms. The number of benzene rings is 1. The molecule has 0 aliphatic carbocycles. The Morgan fingerprint density at radius 3 is 2.28 bits per heavy atom. The van der Waals surface area contributed by atoms with E-state index in [4.69, 9.17) is 0 Å². The van der Waals surface area contributed by atoms with Crippen LogP contribution in [0.5, 0.6) is 0 Å². The van der Waals surface area contributed by atoms with E-state index in [1.165, 1.54) is 59.7 Å². The molecular weight excluding hydrogens is 284 g/mol. The Kier molecular flexibility index (Phi) is 6.99. The van der Waals surface area contributed by atoms with Gasteiger partial charge in [0.2, 0.25) is 0 Å². The summed E-state index contributed by atoms with van der Waals surface area (Å²) < 4.78 is 1.31. The lowest BCUT2D eigenvalue weighted by Crippen LogP contribution is -1.96. The highest BCUT2D eigenvalue weighted by molar-refractivity contribution is 9.10. The fourth-order valence-corrected chi connectivity index (χ4v) is 3.13. The predicted octanol–water partition coefficient (Wildman–Crippen LogP) is 6.39. The van der Waals surface area contributed by atoms with Crippen molar-refractivity contribution in [2.75, 3.05) is 0 Å². The smallest absolute Gasteiger partial charge is 0.0212 e. The molecule has 0 radical (unpaired) electrons. The molecule has 1 aromatic rings. The van der Waals surface area contributed by atoms with Crippen molar-refractivity contribution in [2.24, 2.45) is 0 Å². The van der Waals surface area contributed by atoms with Crippen molar-refractivity contribution in [3.8, 4) is 0 Å². The Morgan fingerprint density at radius 2 is 1.72 bits per heavy atom. The minimum atomic E-state index is 0.610. The van der Waals surface area contributed by atoms with Gasteiger partial charge in [0.05, 0.1) is 0 Å². The van der Waals surface area contributed by atoms with Crippen molar-refractivity contribution < 1.29 is 0 Å². The minimum absolute atomic E-state index is 0.610. The van der Waals surface area contributed by atoms with E-state index in [2.05, 4.69) is 55.8 Å². The molecule has 18 heavy (non-hydrogen) atoms. The van der Waals surface area contributed by atoms with Crippen molar-refractivity contribution in [3.05, 3.63) is 33.3 Å². The number of halogens is 1. The molecule has 0 N–H and O–H groups in total. The highest BCUT2D eigenvalue weighted by Gasteiger charge is 2.08. The average Bonchev–Trinajstić information content (AvgIpc) is 2.31. The highest BCUT2D eigenvalue weighted by atomic mass is 79.9. The molecule has 0 aliphatic rings. The van der Waals surface area contributed by atoms with Crippen molar-refractivity contribution in [3.63, 3.8) is 0 Å². The van der Waals surface area contributed by atoms with Crippen LogP contribution in [0, 0.1) is 6.92 Å². The van der Waals surface area contributed by atoms with Gasteiger partial charge in [-0.1, -0.05) is 68.5 Å². The van der Waals surface area contributed by atoms with Crippen LogP contribution in [0.3, 0.4) is 0 Å². The summed E-state index contributed by atoms with van der Waals surface area (Å²) in [6.45, 7) is 9.03. The summed E-state index contributed by atoms with van der Waals surface area (Å²) in [6, 6.07) is 4.66. The first kappa shape index (κ1) is 15.8. The van der Waals surface area contributed by atoms with Gasteiger partial charge in [-0.05, 0) is 48.4 Å². The number of rotatable bonds is 7. The predicted molar refractivity (Wildman–Crippen MR) is 85.4 cm³/mol. The maximum Gasteiger partial charge on any atom is 0.0212 e. The van der Waals surface area contributed by atoms with Crippen molar-refractivity contribution in [1.29, 1.82) is 0 Å². The molecule has 1 aromatic carbocycles. The van der Waals surface area contributed by atoms with Crippen LogP contribution in [-0.2, 0) is 6.42 Å². The lowest BCUT2D eigenvalue weighted by molar-refractivity contribution is 0.630. The molecule has 0 unspecified atom stereocenters. The molecule has 1 rings (SSSR count).